The van der Waals surface area contributed by atoms with E-state index in [1.54, 1.807) is 24.3 Å². The molecule has 0 bridgehead atoms. The van der Waals surface area contributed by atoms with E-state index in [1.807, 2.05) is 22.8 Å². The first-order valence-corrected chi connectivity index (χ1v) is 13.3. The fraction of sp³-hybridized carbons (Fsp3) is 0.333. The van der Waals surface area contributed by atoms with Crippen LogP contribution in [0.3, 0.4) is 0 Å². The normalized spacial score (nSPS) is 14.1. The number of carbonyl (C=O) groups excluding carboxylic acids is 1. The van der Waals surface area contributed by atoms with Crippen LogP contribution < -0.4 is 4.74 Å². The van der Waals surface area contributed by atoms with Gasteiger partial charge in [0.2, 0.25) is 0 Å². The Morgan fingerprint density at radius 2 is 1.76 bits per heavy atom. The summed E-state index contributed by atoms with van der Waals surface area (Å²) in [6.07, 6.45) is 6.37. The van der Waals surface area contributed by atoms with Crippen LogP contribution in [-0.4, -0.2) is 29.2 Å². The third-order valence-corrected chi connectivity index (χ3v) is 7.40. The maximum Gasteiger partial charge on any atom is 0.337 e. The van der Waals surface area contributed by atoms with Gasteiger partial charge in [-0.05, 0) is 54.7 Å². The van der Waals surface area contributed by atoms with Crippen LogP contribution in [0.15, 0.2) is 54.6 Å². The second-order valence-corrected chi connectivity index (χ2v) is 10.2. The fourth-order valence-electron chi connectivity index (χ4n) is 5.14. The number of hydrogen-bond donors (Lipinski definition) is 0. The molecule has 198 valence electrons. The summed E-state index contributed by atoms with van der Waals surface area (Å²) in [6.45, 7) is 1.03. The summed E-state index contributed by atoms with van der Waals surface area (Å²) < 4.78 is 41.3. The second-order valence-electron chi connectivity index (χ2n) is 9.73. The zero-order chi connectivity index (χ0) is 26.6. The van der Waals surface area contributed by atoms with Crippen molar-refractivity contribution in [3.8, 4) is 17.1 Å². The standard InChI is InChI=1S/C30H29ClF2N2O3/c1-37-30(36)21-9-7-19(8-10-21)13-14-38-28-15-22(31)11-12-23(28)29-34-26-16-24(32)25(33)17-27(26)35(29)18-20-5-3-2-4-6-20/h7-12,15-17,20H,2-6,13-14,18H2,1H3. The zero-order valence-corrected chi connectivity index (χ0v) is 21.9. The highest BCUT2D eigenvalue weighted by molar-refractivity contribution is 6.30. The van der Waals surface area contributed by atoms with Crippen molar-refractivity contribution in [1.29, 1.82) is 0 Å². The van der Waals surface area contributed by atoms with E-state index in [4.69, 9.17) is 26.1 Å². The Balaban J connectivity index is 1.44. The molecule has 1 fully saturated rings. The molecule has 1 heterocycles. The van der Waals surface area contributed by atoms with Crippen LogP contribution in [-0.2, 0) is 17.7 Å². The maximum atomic E-state index is 14.3. The molecule has 0 saturated heterocycles. The minimum atomic E-state index is -0.919. The van der Waals surface area contributed by atoms with E-state index in [-0.39, 0.29) is 5.97 Å². The molecule has 0 radical (unpaired) electrons. The first kappa shape index (κ1) is 26.2. The number of halogens is 3. The van der Waals surface area contributed by atoms with E-state index in [2.05, 4.69) is 0 Å². The van der Waals surface area contributed by atoms with E-state index in [0.717, 1.165) is 24.5 Å². The highest BCUT2D eigenvalue weighted by atomic mass is 35.5. The van der Waals surface area contributed by atoms with E-state index in [9.17, 15) is 13.6 Å². The molecule has 1 aromatic heterocycles. The Bertz CT molecular complexity index is 1450. The van der Waals surface area contributed by atoms with Crippen molar-refractivity contribution in [2.45, 2.75) is 45.1 Å². The van der Waals surface area contributed by atoms with E-state index in [1.165, 1.54) is 32.4 Å². The number of benzene rings is 3. The van der Waals surface area contributed by atoms with Gasteiger partial charge in [0.1, 0.15) is 11.6 Å². The molecular formula is C30H29ClF2N2O3. The smallest absolute Gasteiger partial charge is 0.337 e. The summed E-state index contributed by atoms with van der Waals surface area (Å²) in [4.78, 5) is 16.4. The number of methoxy groups -OCH3 is 1. The first-order chi connectivity index (χ1) is 18.4. The summed E-state index contributed by atoms with van der Waals surface area (Å²) in [5.74, 6) is -0.601. The average molecular weight is 539 g/mol. The Kier molecular flexibility index (Phi) is 7.93. The molecule has 1 aliphatic carbocycles. The number of nitrogens with zero attached hydrogens (tertiary/aromatic N) is 2. The molecule has 0 amide bonds. The van der Waals surface area contributed by atoms with Crippen molar-refractivity contribution in [1.82, 2.24) is 9.55 Å². The number of rotatable bonds is 8. The van der Waals surface area contributed by atoms with Crippen LogP contribution in [0.1, 0.15) is 48.0 Å². The zero-order valence-electron chi connectivity index (χ0n) is 21.2. The van der Waals surface area contributed by atoms with E-state index < -0.39 is 11.6 Å². The van der Waals surface area contributed by atoms with Crippen LogP contribution >= 0.6 is 11.6 Å². The molecule has 0 N–H and O–H groups in total. The van der Waals surface area contributed by atoms with Crippen molar-refractivity contribution in [2.75, 3.05) is 13.7 Å². The third kappa shape index (κ3) is 5.68. The van der Waals surface area contributed by atoms with Crippen molar-refractivity contribution in [3.05, 3.63) is 82.4 Å². The molecule has 5 rings (SSSR count). The lowest BCUT2D eigenvalue weighted by molar-refractivity contribution is 0.0600. The lowest BCUT2D eigenvalue weighted by Gasteiger charge is -2.23. The predicted octanol–water partition coefficient (Wildman–Crippen LogP) is 7.62. The van der Waals surface area contributed by atoms with Crippen molar-refractivity contribution in [3.63, 3.8) is 0 Å². The Morgan fingerprint density at radius 1 is 1.03 bits per heavy atom. The summed E-state index contributed by atoms with van der Waals surface area (Å²) in [5, 5.41) is 0.512. The van der Waals surface area contributed by atoms with Gasteiger partial charge in [0.05, 0.1) is 35.9 Å². The molecular weight excluding hydrogens is 510 g/mol. The van der Waals surface area contributed by atoms with Gasteiger partial charge in [0.25, 0.3) is 0 Å². The molecule has 4 aromatic rings. The van der Waals surface area contributed by atoms with E-state index in [0.29, 0.717) is 64.2 Å². The molecule has 0 unspecified atom stereocenters. The molecule has 0 spiro atoms. The number of hydrogen-bond acceptors (Lipinski definition) is 4. The van der Waals surface area contributed by atoms with Crippen LogP contribution in [0.2, 0.25) is 5.02 Å². The maximum absolute atomic E-state index is 14.3. The Morgan fingerprint density at radius 3 is 2.50 bits per heavy atom. The Labute approximate surface area is 225 Å². The highest BCUT2D eigenvalue weighted by Crippen LogP contribution is 2.36. The molecule has 0 atom stereocenters. The monoisotopic (exact) mass is 538 g/mol. The van der Waals surface area contributed by atoms with Gasteiger partial charge in [0, 0.05) is 30.1 Å². The van der Waals surface area contributed by atoms with Gasteiger partial charge in [0.15, 0.2) is 11.6 Å². The van der Waals surface area contributed by atoms with Crippen molar-refractivity contribution < 1.29 is 23.0 Å². The van der Waals surface area contributed by atoms with Gasteiger partial charge >= 0.3 is 5.97 Å². The van der Waals surface area contributed by atoms with Crippen molar-refractivity contribution >= 4 is 28.6 Å². The third-order valence-electron chi connectivity index (χ3n) is 7.16. The quantitative estimate of drug-likeness (QED) is 0.216. The molecule has 3 aromatic carbocycles. The number of fused-ring (bicyclic) bond motifs is 1. The van der Waals surface area contributed by atoms with Crippen LogP contribution in [0.25, 0.3) is 22.4 Å². The predicted molar refractivity (Wildman–Crippen MR) is 144 cm³/mol. The molecule has 1 aliphatic rings. The fourth-order valence-corrected chi connectivity index (χ4v) is 5.31. The lowest BCUT2D eigenvalue weighted by Crippen LogP contribution is -2.15. The SMILES string of the molecule is COC(=O)c1ccc(CCOc2cc(Cl)ccc2-c2nc3cc(F)c(F)cc3n2CC2CCCCC2)cc1. The minimum Gasteiger partial charge on any atom is -0.492 e. The largest absolute Gasteiger partial charge is 0.492 e. The molecule has 0 aliphatic heterocycles. The number of carbonyl (C=O) groups is 1. The minimum absolute atomic E-state index is 0.358. The van der Waals surface area contributed by atoms with Gasteiger partial charge in [-0.15, -0.1) is 0 Å². The molecule has 1 saturated carbocycles. The lowest BCUT2D eigenvalue weighted by atomic mass is 9.89. The molecule has 38 heavy (non-hydrogen) atoms. The first-order valence-electron chi connectivity index (χ1n) is 12.9. The summed E-state index contributed by atoms with van der Waals surface area (Å²) >= 11 is 6.33. The number of esters is 1. The van der Waals surface area contributed by atoms with Gasteiger partial charge in [-0.1, -0.05) is 43.0 Å². The van der Waals surface area contributed by atoms with E-state index >= 15 is 0 Å². The average Bonchev–Trinajstić information content (AvgIpc) is 3.26. The topological polar surface area (TPSA) is 53.4 Å². The van der Waals surface area contributed by atoms with Gasteiger partial charge < -0.3 is 14.0 Å². The van der Waals surface area contributed by atoms with Crippen LogP contribution in [0.5, 0.6) is 5.75 Å². The van der Waals surface area contributed by atoms with Gasteiger partial charge in [-0.2, -0.15) is 0 Å². The van der Waals surface area contributed by atoms with Crippen LogP contribution in [0.4, 0.5) is 8.78 Å². The highest BCUT2D eigenvalue weighted by Gasteiger charge is 2.22. The Hall–Kier alpha value is -3.45. The summed E-state index contributed by atoms with van der Waals surface area (Å²) in [7, 11) is 1.35. The van der Waals surface area contributed by atoms with Gasteiger partial charge in [-0.3, -0.25) is 0 Å². The second kappa shape index (κ2) is 11.5. The number of aromatic nitrogens is 2. The number of ether oxygens (including phenoxy) is 2. The molecule has 8 heteroatoms. The van der Waals surface area contributed by atoms with Crippen LogP contribution in [0, 0.1) is 17.6 Å². The summed E-state index contributed by atoms with van der Waals surface area (Å²) in [6, 6.07) is 14.9. The summed E-state index contributed by atoms with van der Waals surface area (Å²) in [5.41, 5.74) is 3.16. The van der Waals surface area contributed by atoms with Crippen molar-refractivity contribution in [2.24, 2.45) is 5.92 Å². The van der Waals surface area contributed by atoms with Gasteiger partial charge in [-0.25, -0.2) is 18.6 Å². The molecule has 5 nitrogen and oxygen atoms in total. The number of imidazole rings is 1.